The van der Waals surface area contributed by atoms with Gasteiger partial charge in [0.05, 0.1) is 0 Å². The molecule has 1 fully saturated rings. The fourth-order valence-electron chi connectivity index (χ4n) is 4.37. The molecule has 0 saturated heterocycles. The highest BCUT2D eigenvalue weighted by molar-refractivity contribution is 7.99. The molecule has 4 rings (SSSR count). The number of benzene rings is 2. The van der Waals surface area contributed by atoms with Crippen LogP contribution in [0.15, 0.2) is 62.6 Å². The summed E-state index contributed by atoms with van der Waals surface area (Å²) in [5, 5.41) is 7.54. The lowest BCUT2D eigenvalue weighted by molar-refractivity contribution is -0.141. The minimum absolute atomic E-state index is 0.203. The lowest BCUT2D eigenvalue weighted by Gasteiger charge is -2.11. The summed E-state index contributed by atoms with van der Waals surface area (Å²) in [5.41, 5.74) is 2.32. The van der Waals surface area contributed by atoms with Crippen LogP contribution in [-0.4, -0.2) is 34.9 Å². The van der Waals surface area contributed by atoms with E-state index in [2.05, 4.69) is 15.1 Å². The van der Waals surface area contributed by atoms with Crippen LogP contribution in [0.4, 0.5) is 0 Å². The Balaban J connectivity index is 1.45. The summed E-state index contributed by atoms with van der Waals surface area (Å²) in [6, 6.07) is 12.7. The van der Waals surface area contributed by atoms with Crippen molar-refractivity contribution in [3.05, 3.63) is 59.2 Å². The second-order valence-corrected chi connectivity index (χ2v) is 10.0. The molecular formula is C27H26N2O6S. The van der Waals surface area contributed by atoms with Crippen LogP contribution in [-0.2, 0) is 25.7 Å². The molecule has 2 aromatic rings. The Morgan fingerprint density at radius 2 is 1.61 bits per heavy atom. The molecule has 36 heavy (non-hydrogen) atoms. The predicted molar refractivity (Wildman–Crippen MR) is 134 cm³/mol. The number of nitrogens with zero attached hydrogens (tertiary/aromatic N) is 2. The molecular weight excluding hydrogens is 480 g/mol. The Kier molecular flexibility index (Phi) is 8.10. The van der Waals surface area contributed by atoms with Crippen LogP contribution >= 0.6 is 11.8 Å². The van der Waals surface area contributed by atoms with Crippen molar-refractivity contribution in [3.8, 4) is 0 Å². The number of hydrogen-bond acceptors (Lipinski definition) is 9. The van der Waals surface area contributed by atoms with Crippen molar-refractivity contribution in [2.24, 2.45) is 16.2 Å². The molecule has 2 aromatic carbocycles. The molecule has 0 bridgehead atoms. The third-order valence-electron chi connectivity index (χ3n) is 6.08. The summed E-state index contributed by atoms with van der Waals surface area (Å²) in [6.07, 6.45) is 5.18. The van der Waals surface area contributed by atoms with Crippen LogP contribution in [0.3, 0.4) is 0 Å². The molecule has 0 aromatic heterocycles. The highest BCUT2D eigenvalue weighted by atomic mass is 32.2. The van der Waals surface area contributed by atoms with Gasteiger partial charge in [-0.1, -0.05) is 47.8 Å². The summed E-state index contributed by atoms with van der Waals surface area (Å²) < 4.78 is 0. The van der Waals surface area contributed by atoms with E-state index in [0.29, 0.717) is 29.9 Å². The van der Waals surface area contributed by atoms with E-state index in [9.17, 15) is 19.2 Å². The smallest absolute Gasteiger partial charge is 0.318 e. The number of Topliss-reactive ketones (excluding diaryl/α,β-unsaturated/α-hetero) is 2. The highest BCUT2D eigenvalue weighted by Crippen LogP contribution is 2.32. The maximum absolute atomic E-state index is 13.1. The first kappa shape index (κ1) is 25.5. The number of ketones is 2. The first-order valence-electron chi connectivity index (χ1n) is 11.8. The summed E-state index contributed by atoms with van der Waals surface area (Å²) in [4.78, 5) is 59.0. The Labute approximate surface area is 213 Å². The standard InChI is InChI=1S/C27H26N2O6S/c1-16(30)34-28-24(13-18-5-3-4-6-18)26(32)19-7-9-21(10-8-19)36-22-11-12-23-20(14-22)15-25(27(23)33)29-35-17(2)31/h7-12,14,18H,3-6,13,15H2,1-2H3/b28-24+,29-25+. The maximum atomic E-state index is 13.1. The molecule has 0 spiro atoms. The van der Waals surface area contributed by atoms with E-state index in [1.54, 1.807) is 18.2 Å². The topological polar surface area (TPSA) is 111 Å². The second kappa shape index (κ2) is 11.4. The summed E-state index contributed by atoms with van der Waals surface area (Å²) in [5.74, 6) is -1.23. The maximum Gasteiger partial charge on any atom is 0.331 e. The van der Waals surface area contributed by atoms with Crippen LogP contribution in [0, 0.1) is 5.92 Å². The average molecular weight is 507 g/mol. The molecule has 2 aliphatic carbocycles. The minimum Gasteiger partial charge on any atom is -0.318 e. The third-order valence-corrected chi connectivity index (χ3v) is 7.08. The van der Waals surface area contributed by atoms with E-state index in [4.69, 9.17) is 4.84 Å². The molecule has 0 radical (unpaired) electrons. The van der Waals surface area contributed by atoms with E-state index in [1.807, 2.05) is 24.3 Å². The van der Waals surface area contributed by atoms with E-state index in [1.165, 1.54) is 25.6 Å². The molecule has 2 aliphatic rings. The Morgan fingerprint density at radius 3 is 2.28 bits per heavy atom. The number of rotatable bonds is 8. The van der Waals surface area contributed by atoms with Gasteiger partial charge in [-0.3, -0.25) is 9.59 Å². The molecule has 186 valence electrons. The van der Waals surface area contributed by atoms with Gasteiger partial charge in [0.15, 0.2) is 0 Å². The molecule has 0 amide bonds. The fourth-order valence-corrected chi connectivity index (χ4v) is 5.25. The summed E-state index contributed by atoms with van der Waals surface area (Å²) in [7, 11) is 0. The molecule has 0 unspecified atom stereocenters. The molecule has 9 heteroatoms. The van der Waals surface area contributed by atoms with E-state index in [0.717, 1.165) is 41.0 Å². The zero-order chi connectivity index (χ0) is 25.7. The van der Waals surface area contributed by atoms with Gasteiger partial charge in [0.25, 0.3) is 0 Å². The van der Waals surface area contributed by atoms with Crippen molar-refractivity contribution in [1.29, 1.82) is 0 Å². The second-order valence-electron chi connectivity index (χ2n) is 8.88. The van der Waals surface area contributed by atoms with Gasteiger partial charge in [0.1, 0.15) is 11.4 Å². The molecule has 0 atom stereocenters. The molecule has 0 aliphatic heterocycles. The van der Waals surface area contributed by atoms with Crippen LogP contribution in [0.25, 0.3) is 0 Å². The van der Waals surface area contributed by atoms with Crippen LogP contribution < -0.4 is 0 Å². The number of carbonyl (C=O) groups excluding carboxylic acids is 4. The van der Waals surface area contributed by atoms with Crippen molar-refractivity contribution in [3.63, 3.8) is 0 Å². The third kappa shape index (κ3) is 6.34. The Hall–Kier alpha value is -3.59. The van der Waals surface area contributed by atoms with Crippen molar-refractivity contribution < 1.29 is 28.9 Å². The summed E-state index contributed by atoms with van der Waals surface area (Å²) in [6.45, 7) is 2.49. The van der Waals surface area contributed by atoms with E-state index >= 15 is 0 Å². The first-order chi connectivity index (χ1) is 17.3. The zero-order valence-corrected chi connectivity index (χ0v) is 20.9. The van der Waals surface area contributed by atoms with Gasteiger partial charge in [-0.05, 0) is 60.4 Å². The lowest BCUT2D eigenvalue weighted by Crippen LogP contribution is -2.18. The van der Waals surface area contributed by atoms with Crippen molar-refractivity contribution in [1.82, 2.24) is 0 Å². The van der Waals surface area contributed by atoms with Gasteiger partial charge < -0.3 is 9.68 Å². The largest absolute Gasteiger partial charge is 0.331 e. The van der Waals surface area contributed by atoms with Gasteiger partial charge in [-0.15, -0.1) is 0 Å². The van der Waals surface area contributed by atoms with E-state index < -0.39 is 11.9 Å². The molecule has 8 nitrogen and oxygen atoms in total. The number of fused-ring (bicyclic) bond motifs is 1. The monoisotopic (exact) mass is 506 g/mol. The van der Waals surface area contributed by atoms with Crippen LogP contribution in [0.1, 0.15) is 72.2 Å². The van der Waals surface area contributed by atoms with Gasteiger partial charge in [0.2, 0.25) is 11.6 Å². The highest BCUT2D eigenvalue weighted by Gasteiger charge is 2.28. The Bertz CT molecular complexity index is 1260. The van der Waals surface area contributed by atoms with Gasteiger partial charge >= 0.3 is 11.9 Å². The SMILES string of the molecule is CC(=O)O/N=C(\CC1CCCC1)C(=O)c1ccc(Sc2ccc3c(c2)C/C(=N\OC(C)=O)C3=O)cc1. The van der Waals surface area contributed by atoms with Crippen molar-refractivity contribution in [2.45, 2.75) is 62.2 Å². The predicted octanol–water partition coefficient (Wildman–Crippen LogP) is 5.18. The molecule has 1 saturated carbocycles. The lowest BCUT2D eigenvalue weighted by atomic mass is 9.96. The van der Waals surface area contributed by atoms with Crippen LogP contribution in [0.5, 0.6) is 0 Å². The quantitative estimate of drug-likeness (QED) is 0.210. The van der Waals surface area contributed by atoms with Gasteiger partial charge in [-0.2, -0.15) is 0 Å². The number of oxime groups is 2. The normalized spacial score (nSPS) is 16.8. The van der Waals surface area contributed by atoms with Gasteiger partial charge in [0, 0.05) is 41.2 Å². The van der Waals surface area contributed by atoms with Crippen molar-refractivity contribution >= 4 is 46.7 Å². The molecule has 0 N–H and O–H groups in total. The average Bonchev–Trinajstić information content (AvgIpc) is 3.48. The summed E-state index contributed by atoms with van der Waals surface area (Å²) >= 11 is 1.50. The number of hydrogen-bond donors (Lipinski definition) is 0. The van der Waals surface area contributed by atoms with E-state index in [-0.39, 0.29) is 23.0 Å². The van der Waals surface area contributed by atoms with Crippen molar-refractivity contribution in [2.75, 3.05) is 0 Å². The van der Waals surface area contributed by atoms with Crippen LogP contribution in [0.2, 0.25) is 0 Å². The number of carbonyl (C=O) groups is 4. The fraction of sp³-hybridized carbons (Fsp3) is 0.333. The molecule has 0 heterocycles. The Morgan fingerprint density at radius 1 is 0.944 bits per heavy atom. The zero-order valence-electron chi connectivity index (χ0n) is 20.1. The van der Waals surface area contributed by atoms with Gasteiger partial charge in [-0.25, -0.2) is 9.59 Å². The first-order valence-corrected chi connectivity index (χ1v) is 12.6. The minimum atomic E-state index is -0.576.